The summed E-state index contributed by atoms with van der Waals surface area (Å²) >= 11 is 0. The molecule has 0 aromatic heterocycles. The van der Waals surface area contributed by atoms with Gasteiger partial charge in [0.15, 0.2) is 0 Å². The van der Waals surface area contributed by atoms with Crippen molar-refractivity contribution in [3.8, 4) is 0 Å². The van der Waals surface area contributed by atoms with Crippen molar-refractivity contribution in [2.45, 2.75) is 251 Å². The molecule has 1 saturated heterocycles. The first-order valence-corrected chi connectivity index (χ1v) is 20.7. The van der Waals surface area contributed by atoms with Crippen LogP contribution < -0.4 is 0 Å². The van der Waals surface area contributed by atoms with E-state index in [2.05, 4.69) is 13.8 Å². The van der Waals surface area contributed by atoms with Gasteiger partial charge in [0.2, 0.25) is 0 Å². The van der Waals surface area contributed by atoms with E-state index in [1.54, 1.807) is 0 Å². The van der Waals surface area contributed by atoms with E-state index in [0.29, 0.717) is 6.42 Å². The van der Waals surface area contributed by atoms with Gasteiger partial charge in [0.25, 0.3) is 0 Å². The highest BCUT2D eigenvalue weighted by molar-refractivity contribution is 5.80. The van der Waals surface area contributed by atoms with Crippen LogP contribution >= 0.6 is 0 Å². The summed E-state index contributed by atoms with van der Waals surface area (Å²) in [6.07, 6.45) is 51.1. The van der Waals surface area contributed by atoms with Gasteiger partial charge in [-0.05, 0) is 31.3 Å². The lowest BCUT2D eigenvalue weighted by Crippen LogP contribution is -2.19. The smallest absolute Gasteiger partial charge is 0.318 e. The zero-order valence-corrected chi connectivity index (χ0v) is 30.5. The van der Waals surface area contributed by atoms with Gasteiger partial charge in [-0.1, -0.05) is 219 Å². The molecular weight excluding hydrogens is 536 g/mol. The average molecular weight is 617 g/mol. The van der Waals surface area contributed by atoms with E-state index >= 15 is 0 Å². The topological polar surface area (TPSA) is 26.3 Å². The number of carbonyl (C=O) groups is 1. The van der Waals surface area contributed by atoms with Crippen molar-refractivity contribution in [3.63, 3.8) is 0 Å². The Morgan fingerprint density at radius 3 is 0.795 bits per heavy atom. The van der Waals surface area contributed by atoms with Gasteiger partial charge in [-0.25, -0.2) is 0 Å². The number of hydrogen-bond acceptors (Lipinski definition) is 2. The molecule has 0 unspecified atom stereocenters. The fourth-order valence-electron chi connectivity index (χ4n) is 6.99. The summed E-state index contributed by atoms with van der Waals surface area (Å²) in [4.78, 5) is 11.4. The number of carbonyl (C=O) groups excluding carboxylic acids is 1. The van der Waals surface area contributed by atoms with E-state index in [1.165, 1.54) is 224 Å². The van der Waals surface area contributed by atoms with E-state index in [1.807, 2.05) is 0 Å². The molecule has 0 atom stereocenters. The molecule has 1 aliphatic rings. The predicted molar refractivity (Wildman–Crippen MR) is 195 cm³/mol. The van der Waals surface area contributed by atoms with Gasteiger partial charge in [-0.3, -0.25) is 4.79 Å². The fourth-order valence-corrected chi connectivity index (χ4v) is 6.99. The molecule has 1 fully saturated rings. The standard InChI is InChI=1S/C42H80O2/c1-3-5-7-9-11-13-15-17-19-20-21-22-23-24-26-28-30-32-34-36-38-40(41-39-42(43)44-41)37-35-33-31-29-27-25-18-16-14-12-10-8-6-4-2/h3-39H2,1-2H3. The predicted octanol–water partition coefficient (Wildman–Crippen LogP) is 15.3. The highest BCUT2D eigenvalue weighted by atomic mass is 16.6. The van der Waals surface area contributed by atoms with Crippen LogP contribution in [-0.4, -0.2) is 5.97 Å². The molecular formula is C42H80O2. The summed E-state index contributed by atoms with van der Waals surface area (Å²) < 4.78 is 5.41. The zero-order chi connectivity index (χ0) is 31.6. The molecule has 0 aromatic carbocycles. The van der Waals surface area contributed by atoms with Crippen molar-refractivity contribution in [1.29, 1.82) is 0 Å². The zero-order valence-electron chi connectivity index (χ0n) is 30.5. The molecule has 0 radical (unpaired) electrons. The number of unbranched alkanes of at least 4 members (excludes halogenated alkanes) is 32. The summed E-state index contributed by atoms with van der Waals surface area (Å²) in [6.45, 7) is 4.60. The van der Waals surface area contributed by atoms with Crippen molar-refractivity contribution in [2.75, 3.05) is 0 Å². The maximum absolute atomic E-state index is 11.4. The van der Waals surface area contributed by atoms with Crippen LogP contribution in [0, 0.1) is 0 Å². The van der Waals surface area contributed by atoms with Gasteiger partial charge in [-0.15, -0.1) is 0 Å². The minimum atomic E-state index is -0.0260. The van der Waals surface area contributed by atoms with Crippen molar-refractivity contribution in [1.82, 2.24) is 0 Å². The SMILES string of the molecule is CCCCCCCCCCCCCCCCCCCCCCC(CCCCCCCCCCCCCCCC)=C1CC(=O)O1. The Morgan fingerprint density at radius 1 is 0.386 bits per heavy atom. The van der Waals surface area contributed by atoms with Crippen LogP contribution in [0.3, 0.4) is 0 Å². The van der Waals surface area contributed by atoms with Crippen molar-refractivity contribution in [3.05, 3.63) is 11.3 Å². The molecule has 2 nitrogen and oxygen atoms in total. The second kappa shape index (κ2) is 33.6. The Kier molecular flexibility index (Phi) is 31.5. The first kappa shape index (κ1) is 41.2. The Morgan fingerprint density at radius 2 is 0.591 bits per heavy atom. The fraction of sp³-hybridized carbons (Fsp3) is 0.929. The van der Waals surface area contributed by atoms with E-state index in [9.17, 15) is 4.79 Å². The molecule has 1 aliphatic heterocycles. The van der Waals surface area contributed by atoms with E-state index < -0.39 is 0 Å². The van der Waals surface area contributed by atoms with Crippen LogP contribution in [0.15, 0.2) is 11.3 Å². The van der Waals surface area contributed by atoms with E-state index in [4.69, 9.17) is 4.74 Å². The number of allylic oxidation sites excluding steroid dienone is 1. The molecule has 0 N–H and O–H groups in total. The average Bonchev–Trinajstić information content (AvgIpc) is 3.01. The van der Waals surface area contributed by atoms with E-state index in [-0.39, 0.29) is 5.97 Å². The minimum absolute atomic E-state index is 0.0260. The largest absolute Gasteiger partial charge is 0.430 e. The highest BCUT2D eigenvalue weighted by Gasteiger charge is 2.25. The van der Waals surface area contributed by atoms with Gasteiger partial charge in [-0.2, -0.15) is 0 Å². The first-order valence-electron chi connectivity index (χ1n) is 20.7. The lowest BCUT2D eigenvalue weighted by Gasteiger charge is -2.21. The Balaban J connectivity index is 1.87. The second-order valence-electron chi connectivity index (χ2n) is 14.5. The molecule has 0 aromatic rings. The van der Waals surface area contributed by atoms with Gasteiger partial charge >= 0.3 is 5.97 Å². The highest BCUT2D eigenvalue weighted by Crippen LogP contribution is 2.29. The van der Waals surface area contributed by atoms with Crippen LogP contribution in [0.25, 0.3) is 0 Å². The molecule has 1 rings (SSSR count). The normalized spacial score (nSPS) is 14.2. The summed E-state index contributed by atoms with van der Waals surface area (Å²) in [5.41, 5.74) is 1.46. The molecule has 0 bridgehead atoms. The monoisotopic (exact) mass is 617 g/mol. The Bertz CT molecular complexity index is 626. The quantitative estimate of drug-likeness (QED) is 0.0517. The van der Waals surface area contributed by atoms with E-state index in [0.717, 1.165) is 18.6 Å². The maximum atomic E-state index is 11.4. The van der Waals surface area contributed by atoms with Gasteiger partial charge in [0.05, 0.1) is 0 Å². The number of cyclic esters (lactones) is 1. The molecule has 0 spiro atoms. The lowest BCUT2D eigenvalue weighted by atomic mass is 9.96. The van der Waals surface area contributed by atoms with Crippen LogP contribution in [0.4, 0.5) is 0 Å². The lowest BCUT2D eigenvalue weighted by molar-refractivity contribution is -0.148. The number of ether oxygens (including phenoxy) is 1. The molecule has 260 valence electrons. The number of hydrogen-bond donors (Lipinski definition) is 0. The molecule has 0 aliphatic carbocycles. The summed E-state index contributed by atoms with van der Waals surface area (Å²) in [5.74, 6) is 1.00. The second-order valence-corrected chi connectivity index (χ2v) is 14.5. The summed E-state index contributed by atoms with van der Waals surface area (Å²) in [6, 6.07) is 0. The molecule has 2 heteroatoms. The number of esters is 1. The third-order valence-corrected chi connectivity index (χ3v) is 10.1. The molecule has 0 amide bonds. The Hall–Kier alpha value is -0.790. The molecule has 1 heterocycles. The van der Waals surface area contributed by atoms with Gasteiger partial charge in [0.1, 0.15) is 12.2 Å². The summed E-state index contributed by atoms with van der Waals surface area (Å²) in [7, 11) is 0. The molecule has 44 heavy (non-hydrogen) atoms. The maximum Gasteiger partial charge on any atom is 0.318 e. The van der Waals surface area contributed by atoms with Crippen LogP contribution in [0.5, 0.6) is 0 Å². The third kappa shape index (κ3) is 27.5. The van der Waals surface area contributed by atoms with Crippen molar-refractivity contribution in [2.24, 2.45) is 0 Å². The van der Waals surface area contributed by atoms with Crippen LogP contribution in [0.2, 0.25) is 0 Å². The Labute approximate surface area is 277 Å². The first-order chi connectivity index (χ1) is 21.8. The van der Waals surface area contributed by atoms with Crippen molar-refractivity contribution < 1.29 is 9.53 Å². The van der Waals surface area contributed by atoms with Crippen molar-refractivity contribution >= 4 is 5.97 Å². The molecule has 0 saturated carbocycles. The van der Waals surface area contributed by atoms with Gasteiger partial charge < -0.3 is 4.74 Å². The van der Waals surface area contributed by atoms with Gasteiger partial charge in [0, 0.05) is 0 Å². The minimum Gasteiger partial charge on any atom is -0.430 e. The van der Waals surface area contributed by atoms with Crippen LogP contribution in [0.1, 0.15) is 251 Å². The third-order valence-electron chi connectivity index (χ3n) is 10.1. The van der Waals surface area contributed by atoms with Crippen LogP contribution in [-0.2, 0) is 9.53 Å². The number of rotatable bonds is 36. The summed E-state index contributed by atoms with van der Waals surface area (Å²) in [5, 5.41) is 0.